The zero-order chi connectivity index (χ0) is 16.2. The number of rotatable bonds is 3. The highest BCUT2D eigenvalue weighted by atomic mass is 35.5. The molecule has 0 unspecified atom stereocenters. The Morgan fingerprint density at radius 3 is 2.61 bits per heavy atom. The number of hydrogen-bond donors (Lipinski definition) is 0. The number of likely N-dealkylation sites (tertiary alicyclic amines) is 1. The molecule has 0 N–H and O–H groups in total. The van der Waals surface area contributed by atoms with Gasteiger partial charge in [0.05, 0.1) is 10.6 Å². The lowest BCUT2D eigenvalue weighted by Gasteiger charge is -2.27. The number of piperidine rings is 1. The molecule has 1 saturated heterocycles. The Hall–Kier alpha value is -1.89. The Kier molecular flexibility index (Phi) is 4.95. The molecule has 1 aliphatic rings. The first-order valence-electron chi connectivity index (χ1n) is 7.89. The molecule has 0 saturated carbocycles. The molecule has 1 fully saturated rings. The molecule has 0 aliphatic carbocycles. The summed E-state index contributed by atoms with van der Waals surface area (Å²) in [4.78, 5) is 2.41. The molecule has 0 aromatic heterocycles. The fourth-order valence-corrected chi connectivity index (χ4v) is 3.35. The normalized spacial score (nSPS) is 15.3. The third-order valence-corrected chi connectivity index (χ3v) is 4.77. The minimum absolute atomic E-state index is 0.0503. The van der Waals surface area contributed by atoms with E-state index in [1.807, 2.05) is 24.3 Å². The fourth-order valence-electron chi connectivity index (χ4n) is 3.06. The van der Waals surface area contributed by atoms with E-state index in [-0.39, 0.29) is 5.56 Å². The maximum atomic E-state index is 13.9. The van der Waals surface area contributed by atoms with Gasteiger partial charge in [-0.2, -0.15) is 5.26 Å². The summed E-state index contributed by atoms with van der Waals surface area (Å²) in [7, 11) is 0. The Labute approximate surface area is 141 Å². The van der Waals surface area contributed by atoms with Crippen LogP contribution in [0.4, 0.5) is 4.39 Å². The molecular formula is C19H18ClFN2. The van der Waals surface area contributed by atoms with Crippen LogP contribution in [0.15, 0.2) is 36.4 Å². The molecule has 23 heavy (non-hydrogen) atoms. The Morgan fingerprint density at radius 1 is 1.13 bits per heavy atom. The summed E-state index contributed by atoms with van der Waals surface area (Å²) in [6.07, 6.45) is 3.77. The van der Waals surface area contributed by atoms with Gasteiger partial charge in [0.2, 0.25) is 0 Å². The van der Waals surface area contributed by atoms with Gasteiger partial charge >= 0.3 is 0 Å². The Bertz CT molecular complexity index is 746. The monoisotopic (exact) mass is 328 g/mol. The zero-order valence-electron chi connectivity index (χ0n) is 12.9. The lowest BCUT2D eigenvalue weighted by atomic mass is 10.0. The summed E-state index contributed by atoms with van der Waals surface area (Å²) in [5.74, 6) is -0.512. The van der Waals surface area contributed by atoms with Crippen LogP contribution in [0, 0.1) is 17.1 Å². The van der Waals surface area contributed by atoms with Crippen LogP contribution in [0.3, 0.4) is 0 Å². The lowest BCUT2D eigenvalue weighted by molar-refractivity contribution is 0.221. The van der Waals surface area contributed by atoms with E-state index in [1.54, 1.807) is 6.07 Å². The zero-order valence-corrected chi connectivity index (χ0v) is 13.6. The Morgan fingerprint density at radius 2 is 1.91 bits per heavy atom. The van der Waals surface area contributed by atoms with Gasteiger partial charge in [0.25, 0.3) is 0 Å². The SMILES string of the molecule is N#Cc1ccc(-c2cccc(CN3CCCCC3)c2Cl)cc1F. The fraction of sp³-hybridized carbons (Fsp3) is 0.316. The summed E-state index contributed by atoms with van der Waals surface area (Å²) in [5, 5.41) is 9.51. The van der Waals surface area contributed by atoms with Gasteiger partial charge < -0.3 is 0 Å². The molecule has 2 nitrogen and oxygen atoms in total. The van der Waals surface area contributed by atoms with Crippen molar-refractivity contribution in [3.63, 3.8) is 0 Å². The number of nitrogens with zero attached hydrogens (tertiary/aromatic N) is 2. The molecule has 0 amide bonds. The highest BCUT2D eigenvalue weighted by Crippen LogP contribution is 2.32. The third-order valence-electron chi connectivity index (χ3n) is 4.32. The maximum absolute atomic E-state index is 13.9. The predicted octanol–water partition coefficient (Wildman–Crippen LogP) is 5.00. The third kappa shape index (κ3) is 3.55. The van der Waals surface area contributed by atoms with E-state index in [2.05, 4.69) is 4.90 Å². The van der Waals surface area contributed by atoms with E-state index >= 15 is 0 Å². The van der Waals surface area contributed by atoms with Crippen molar-refractivity contribution in [1.29, 1.82) is 5.26 Å². The molecular weight excluding hydrogens is 311 g/mol. The first kappa shape index (κ1) is 16.0. The second kappa shape index (κ2) is 7.12. The average molecular weight is 329 g/mol. The largest absolute Gasteiger partial charge is 0.299 e. The summed E-state index contributed by atoms with van der Waals surface area (Å²) in [6.45, 7) is 3.03. The summed E-state index contributed by atoms with van der Waals surface area (Å²) < 4.78 is 13.9. The van der Waals surface area contributed by atoms with E-state index in [0.717, 1.165) is 30.8 Å². The van der Waals surface area contributed by atoms with Crippen molar-refractivity contribution in [2.24, 2.45) is 0 Å². The van der Waals surface area contributed by atoms with Crippen LogP contribution in [0.1, 0.15) is 30.4 Å². The second-order valence-electron chi connectivity index (χ2n) is 5.92. The summed E-state index contributed by atoms with van der Waals surface area (Å²) >= 11 is 6.57. The average Bonchev–Trinajstić information content (AvgIpc) is 2.58. The topological polar surface area (TPSA) is 27.0 Å². The quantitative estimate of drug-likeness (QED) is 0.792. The molecule has 118 valence electrons. The second-order valence-corrected chi connectivity index (χ2v) is 6.30. The summed E-state index contributed by atoms with van der Waals surface area (Å²) in [5.41, 5.74) is 2.63. The van der Waals surface area contributed by atoms with Gasteiger partial charge in [-0.05, 0) is 49.2 Å². The Balaban J connectivity index is 1.90. The van der Waals surface area contributed by atoms with Gasteiger partial charge in [-0.15, -0.1) is 0 Å². The molecule has 0 radical (unpaired) electrons. The molecule has 1 aliphatic heterocycles. The number of halogens is 2. The van der Waals surface area contributed by atoms with E-state index in [4.69, 9.17) is 16.9 Å². The van der Waals surface area contributed by atoms with Crippen LogP contribution in [0.5, 0.6) is 0 Å². The van der Waals surface area contributed by atoms with Crippen LogP contribution in [0.25, 0.3) is 11.1 Å². The number of hydrogen-bond acceptors (Lipinski definition) is 2. The van der Waals surface area contributed by atoms with Crippen LogP contribution in [-0.2, 0) is 6.54 Å². The highest BCUT2D eigenvalue weighted by Gasteiger charge is 2.15. The molecule has 0 atom stereocenters. The number of nitriles is 1. The molecule has 3 rings (SSSR count). The van der Waals surface area contributed by atoms with Crippen molar-refractivity contribution in [2.45, 2.75) is 25.8 Å². The van der Waals surface area contributed by atoms with E-state index in [9.17, 15) is 4.39 Å². The standard InChI is InChI=1S/C19H18ClFN2/c20-19-16(13-23-9-2-1-3-10-23)5-4-6-17(19)14-7-8-15(12-22)18(21)11-14/h4-8,11H,1-3,9-10,13H2. The molecule has 2 aromatic rings. The van der Waals surface area contributed by atoms with Crippen LogP contribution in [0.2, 0.25) is 5.02 Å². The van der Waals surface area contributed by atoms with Crippen LogP contribution >= 0.6 is 11.6 Å². The molecule has 0 bridgehead atoms. The predicted molar refractivity (Wildman–Crippen MR) is 90.7 cm³/mol. The first-order chi connectivity index (χ1) is 11.2. The van der Waals surface area contributed by atoms with Crippen molar-refractivity contribution < 1.29 is 4.39 Å². The highest BCUT2D eigenvalue weighted by molar-refractivity contribution is 6.34. The minimum Gasteiger partial charge on any atom is -0.299 e. The van der Waals surface area contributed by atoms with Crippen LogP contribution in [-0.4, -0.2) is 18.0 Å². The van der Waals surface area contributed by atoms with Crippen molar-refractivity contribution in [2.75, 3.05) is 13.1 Å². The smallest absolute Gasteiger partial charge is 0.141 e. The van der Waals surface area contributed by atoms with Gasteiger partial charge in [-0.1, -0.05) is 42.3 Å². The van der Waals surface area contributed by atoms with Gasteiger partial charge in [0.1, 0.15) is 11.9 Å². The van der Waals surface area contributed by atoms with Gasteiger partial charge in [-0.25, -0.2) is 4.39 Å². The van der Waals surface area contributed by atoms with E-state index in [1.165, 1.54) is 31.4 Å². The van der Waals surface area contributed by atoms with E-state index in [0.29, 0.717) is 10.6 Å². The lowest BCUT2D eigenvalue weighted by Crippen LogP contribution is -2.29. The molecule has 0 spiro atoms. The summed E-state index contributed by atoms with van der Waals surface area (Å²) in [6, 6.07) is 12.3. The van der Waals surface area contributed by atoms with Crippen molar-refractivity contribution in [3.8, 4) is 17.2 Å². The minimum atomic E-state index is -0.512. The van der Waals surface area contributed by atoms with Crippen molar-refractivity contribution >= 4 is 11.6 Å². The first-order valence-corrected chi connectivity index (χ1v) is 8.26. The van der Waals surface area contributed by atoms with Gasteiger partial charge in [0, 0.05) is 12.1 Å². The van der Waals surface area contributed by atoms with Crippen molar-refractivity contribution in [1.82, 2.24) is 4.90 Å². The maximum Gasteiger partial charge on any atom is 0.141 e. The van der Waals surface area contributed by atoms with Gasteiger partial charge in [-0.3, -0.25) is 4.90 Å². The molecule has 1 heterocycles. The van der Waals surface area contributed by atoms with Crippen LogP contribution < -0.4 is 0 Å². The molecule has 4 heteroatoms. The van der Waals surface area contributed by atoms with Gasteiger partial charge in [0.15, 0.2) is 0 Å². The molecule has 2 aromatic carbocycles. The number of benzene rings is 2. The van der Waals surface area contributed by atoms with Crippen molar-refractivity contribution in [3.05, 3.63) is 58.4 Å². The van der Waals surface area contributed by atoms with E-state index < -0.39 is 5.82 Å².